The topological polar surface area (TPSA) is 95.6 Å². The lowest BCUT2D eigenvalue weighted by Gasteiger charge is -2.23. The van der Waals surface area contributed by atoms with E-state index in [2.05, 4.69) is 26.0 Å². The normalized spacial score (nSPS) is 21.6. The van der Waals surface area contributed by atoms with Gasteiger partial charge >= 0.3 is 6.03 Å². The Balaban J connectivity index is 2.09. The minimum absolute atomic E-state index is 0.146. The first-order chi connectivity index (χ1) is 10.6. The first kappa shape index (κ1) is 17.9. The quantitative estimate of drug-likeness (QED) is 0.550. The molecule has 0 aromatic heterocycles. The first-order valence-electron chi connectivity index (χ1n) is 6.99. The molecule has 7 nitrogen and oxygen atoms in total. The SMILES string of the molecule is CC1(c2ccccc2Br)NC(=O)N(CCCNS(C)(=O)=O)C1=O. The number of sulfonamides is 1. The molecule has 1 aromatic carbocycles. The zero-order valence-corrected chi connectivity index (χ0v) is 15.2. The van der Waals surface area contributed by atoms with Crippen LogP contribution < -0.4 is 10.0 Å². The van der Waals surface area contributed by atoms with E-state index in [1.165, 1.54) is 0 Å². The molecule has 1 fully saturated rings. The van der Waals surface area contributed by atoms with Crippen molar-refractivity contribution in [2.24, 2.45) is 0 Å². The molecule has 1 atom stereocenters. The maximum Gasteiger partial charge on any atom is 0.325 e. The second kappa shape index (κ2) is 6.58. The molecule has 9 heteroatoms. The smallest absolute Gasteiger partial charge is 0.319 e. The Morgan fingerprint density at radius 1 is 1.30 bits per heavy atom. The van der Waals surface area contributed by atoms with E-state index in [0.29, 0.717) is 12.0 Å². The minimum atomic E-state index is -3.28. The van der Waals surface area contributed by atoms with Crippen LogP contribution in [0, 0.1) is 0 Å². The fraction of sp³-hybridized carbons (Fsp3) is 0.429. The van der Waals surface area contributed by atoms with Gasteiger partial charge in [0.15, 0.2) is 0 Å². The van der Waals surface area contributed by atoms with Crippen LogP contribution in [0.25, 0.3) is 0 Å². The van der Waals surface area contributed by atoms with Gasteiger partial charge in [-0.2, -0.15) is 0 Å². The molecule has 2 N–H and O–H groups in total. The molecule has 0 aliphatic carbocycles. The van der Waals surface area contributed by atoms with E-state index in [4.69, 9.17) is 0 Å². The highest BCUT2D eigenvalue weighted by molar-refractivity contribution is 9.10. The van der Waals surface area contributed by atoms with E-state index in [1.54, 1.807) is 25.1 Å². The van der Waals surface area contributed by atoms with E-state index in [-0.39, 0.29) is 19.0 Å². The van der Waals surface area contributed by atoms with Gasteiger partial charge in [-0.15, -0.1) is 0 Å². The Hall–Kier alpha value is -1.45. The molecule has 1 aliphatic rings. The molecular weight excluding hydrogens is 386 g/mol. The number of rotatable bonds is 6. The van der Waals surface area contributed by atoms with Gasteiger partial charge in [0.25, 0.3) is 5.91 Å². The number of nitrogens with zero attached hydrogens (tertiary/aromatic N) is 1. The Morgan fingerprint density at radius 2 is 1.96 bits per heavy atom. The van der Waals surface area contributed by atoms with Gasteiger partial charge in [0.2, 0.25) is 10.0 Å². The predicted octanol–water partition coefficient (Wildman–Crippen LogP) is 1.16. The van der Waals surface area contributed by atoms with Gasteiger partial charge in [-0.1, -0.05) is 34.1 Å². The van der Waals surface area contributed by atoms with Crippen LogP contribution in [0.1, 0.15) is 18.9 Å². The number of nitrogens with one attached hydrogen (secondary N) is 2. The molecule has 1 aromatic rings. The molecule has 1 heterocycles. The van der Waals surface area contributed by atoms with Crippen molar-refractivity contribution in [2.45, 2.75) is 18.9 Å². The van der Waals surface area contributed by atoms with Gasteiger partial charge in [-0.25, -0.2) is 17.9 Å². The number of halogens is 1. The van der Waals surface area contributed by atoms with Crippen LogP contribution in [0.4, 0.5) is 4.79 Å². The minimum Gasteiger partial charge on any atom is -0.319 e. The second-order valence-electron chi connectivity index (χ2n) is 5.51. The van der Waals surface area contributed by atoms with Crippen LogP contribution in [-0.2, 0) is 20.4 Å². The standard InChI is InChI=1S/C14H18BrN3O4S/c1-14(10-6-3-4-7-11(10)15)12(19)18(13(20)17-14)9-5-8-16-23(2,21)22/h3-4,6-7,16H,5,8-9H2,1-2H3,(H,17,20). The van der Waals surface area contributed by atoms with Crippen molar-refractivity contribution < 1.29 is 18.0 Å². The van der Waals surface area contributed by atoms with E-state index in [1.807, 2.05) is 6.07 Å². The Morgan fingerprint density at radius 3 is 2.57 bits per heavy atom. The number of hydrogen-bond donors (Lipinski definition) is 2. The zero-order chi connectivity index (χ0) is 17.3. The molecule has 1 aliphatic heterocycles. The summed E-state index contributed by atoms with van der Waals surface area (Å²) >= 11 is 3.40. The molecule has 0 bridgehead atoms. The summed E-state index contributed by atoms with van der Waals surface area (Å²) in [5.41, 5.74) is -0.461. The van der Waals surface area contributed by atoms with Gasteiger partial charge in [0, 0.05) is 23.1 Å². The van der Waals surface area contributed by atoms with Crippen molar-refractivity contribution in [2.75, 3.05) is 19.3 Å². The summed E-state index contributed by atoms with van der Waals surface area (Å²) in [7, 11) is -3.28. The summed E-state index contributed by atoms with van der Waals surface area (Å²) in [6.45, 7) is 1.97. The number of imide groups is 1. The number of carbonyl (C=O) groups is 2. The highest BCUT2D eigenvalue weighted by Gasteiger charge is 2.49. The summed E-state index contributed by atoms with van der Waals surface area (Å²) in [5, 5.41) is 2.71. The first-order valence-corrected chi connectivity index (χ1v) is 9.67. The van der Waals surface area contributed by atoms with Crippen molar-refractivity contribution in [3.8, 4) is 0 Å². The lowest BCUT2D eigenvalue weighted by atomic mass is 9.92. The lowest BCUT2D eigenvalue weighted by Crippen LogP contribution is -2.41. The lowest BCUT2D eigenvalue weighted by molar-refractivity contribution is -0.131. The van der Waals surface area contributed by atoms with Crippen LogP contribution in [0.5, 0.6) is 0 Å². The molecule has 2 rings (SSSR count). The molecule has 1 unspecified atom stereocenters. The maximum absolute atomic E-state index is 12.7. The zero-order valence-electron chi connectivity index (χ0n) is 12.8. The number of urea groups is 1. The fourth-order valence-electron chi connectivity index (χ4n) is 2.44. The van der Waals surface area contributed by atoms with Crippen molar-refractivity contribution in [3.05, 3.63) is 34.3 Å². The van der Waals surface area contributed by atoms with E-state index >= 15 is 0 Å². The van der Waals surface area contributed by atoms with Crippen LogP contribution in [-0.4, -0.2) is 44.6 Å². The second-order valence-corrected chi connectivity index (χ2v) is 8.20. The molecular formula is C14H18BrN3O4S. The van der Waals surface area contributed by atoms with Gasteiger partial charge in [0.1, 0.15) is 5.54 Å². The number of carbonyl (C=O) groups excluding carboxylic acids is 2. The van der Waals surface area contributed by atoms with Crippen molar-refractivity contribution in [3.63, 3.8) is 0 Å². The fourth-order valence-corrected chi connectivity index (χ4v) is 3.64. The summed E-state index contributed by atoms with van der Waals surface area (Å²) in [5.74, 6) is -0.353. The largest absolute Gasteiger partial charge is 0.325 e. The van der Waals surface area contributed by atoms with Gasteiger partial charge < -0.3 is 5.32 Å². The maximum atomic E-state index is 12.7. The molecule has 0 saturated carbocycles. The Kier molecular flexibility index (Phi) is 5.12. The van der Waals surface area contributed by atoms with E-state index < -0.39 is 21.6 Å². The average molecular weight is 404 g/mol. The molecule has 0 spiro atoms. The van der Waals surface area contributed by atoms with Crippen LogP contribution in [0.15, 0.2) is 28.7 Å². The molecule has 126 valence electrons. The number of amides is 3. The van der Waals surface area contributed by atoms with Gasteiger partial charge in [-0.05, 0) is 19.4 Å². The van der Waals surface area contributed by atoms with Crippen LogP contribution in [0.3, 0.4) is 0 Å². The van der Waals surface area contributed by atoms with Gasteiger partial charge in [0.05, 0.1) is 6.26 Å². The third kappa shape index (κ3) is 3.91. The van der Waals surface area contributed by atoms with Crippen molar-refractivity contribution in [1.29, 1.82) is 0 Å². The summed E-state index contributed by atoms with van der Waals surface area (Å²) in [4.78, 5) is 25.9. The molecule has 0 radical (unpaired) electrons. The number of benzene rings is 1. The van der Waals surface area contributed by atoms with Crippen molar-refractivity contribution in [1.82, 2.24) is 14.9 Å². The van der Waals surface area contributed by atoms with Gasteiger partial charge in [-0.3, -0.25) is 9.69 Å². The van der Waals surface area contributed by atoms with Crippen LogP contribution >= 0.6 is 15.9 Å². The molecule has 1 saturated heterocycles. The summed E-state index contributed by atoms with van der Waals surface area (Å²) in [6, 6.07) is 6.72. The monoisotopic (exact) mass is 403 g/mol. The predicted molar refractivity (Wildman–Crippen MR) is 89.2 cm³/mol. The third-order valence-electron chi connectivity index (χ3n) is 3.61. The number of hydrogen-bond acceptors (Lipinski definition) is 4. The molecule has 23 heavy (non-hydrogen) atoms. The Labute approximate surface area is 143 Å². The summed E-state index contributed by atoms with van der Waals surface area (Å²) < 4.78 is 25.1. The van der Waals surface area contributed by atoms with E-state index in [9.17, 15) is 18.0 Å². The average Bonchev–Trinajstić information content (AvgIpc) is 2.66. The highest BCUT2D eigenvalue weighted by atomic mass is 79.9. The summed E-state index contributed by atoms with van der Waals surface area (Å²) in [6.07, 6.45) is 1.41. The molecule has 3 amide bonds. The van der Waals surface area contributed by atoms with Crippen LogP contribution in [0.2, 0.25) is 0 Å². The third-order valence-corrected chi connectivity index (χ3v) is 5.03. The Bertz CT molecular complexity index is 737. The van der Waals surface area contributed by atoms with E-state index in [0.717, 1.165) is 15.6 Å². The van der Waals surface area contributed by atoms with Crippen molar-refractivity contribution >= 4 is 37.9 Å². The highest BCUT2D eigenvalue weighted by Crippen LogP contribution is 2.33.